The molecular weight excluding hydrogens is 388 g/mol. The Morgan fingerprint density at radius 1 is 1.06 bits per heavy atom. The van der Waals surface area contributed by atoms with Crippen LogP contribution < -0.4 is 0 Å². The number of fused-ring (bicyclic) bond motifs is 1. The van der Waals surface area contributed by atoms with Crippen LogP contribution in [0.5, 0.6) is 0 Å². The standard InChI is InChI=1S/C25H26N4O2/c30-25(19-5-8-26-9-6-19)29(14-13-28-11-1-2-12-28)17-23-16-22(18-31-23)20-3-4-24-21(15-20)7-10-27-24/h3-10,15-16,18,27H,1-2,11-14,17H2. The zero-order chi connectivity index (χ0) is 21.0. The molecule has 3 aromatic heterocycles. The van der Waals surface area contributed by atoms with Crippen LogP contribution >= 0.6 is 0 Å². The highest BCUT2D eigenvalue weighted by Crippen LogP contribution is 2.26. The molecule has 1 fully saturated rings. The summed E-state index contributed by atoms with van der Waals surface area (Å²) in [7, 11) is 0. The zero-order valence-electron chi connectivity index (χ0n) is 17.5. The average molecular weight is 415 g/mol. The third-order valence-corrected chi connectivity index (χ3v) is 5.99. The number of pyridine rings is 1. The van der Waals surface area contributed by atoms with Crippen LogP contribution in [0.25, 0.3) is 22.0 Å². The Bertz CT molecular complexity index is 1160. The quantitative estimate of drug-likeness (QED) is 0.481. The molecule has 0 atom stereocenters. The van der Waals surface area contributed by atoms with E-state index in [1.54, 1.807) is 30.8 Å². The number of aromatic nitrogens is 2. The summed E-state index contributed by atoms with van der Waals surface area (Å²) in [5, 5.41) is 1.17. The van der Waals surface area contributed by atoms with Crippen LogP contribution in [0, 0.1) is 0 Å². The number of likely N-dealkylation sites (tertiary alicyclic amines) is 1. The van der Waals surface area contributed by atoms with E-state index in [4.69, 9.17) is 4.42 Å². The lowest BCUT2D eigenvalue weighted by molar-refractivity contribution is 0.0714. The Kier molecular flexibility index (Phi) is 5.54. The molecule has 0 saturated carbocycles. The van der Waals surface area contributed by atoms with Crippen molar-refractivity contribution in [3.05, 3.63) is 78.6 Å². The van der Waals surface area contributed by atoms with Gasteiger partial charge in [-0.3, -0.25) is 9.78 Å². The highest BCUT2D eigenvalue weighted by molar-refractivity contribution is 5.94. The second kappa shape index (κ2) is 8.78. The van der Waals surface area contributed by atoms with E-state index in [-0.39, 0.29) is 5.91 Å². The van der Waals surface area contributed by atoms with Crippen LogP contribution in [-0.2, 0) is 6.54 Å². The van der Waals surface area contributed by atoms with Gasteiger partial charge in [0.1, 0.15) is 5.76 Å². The molecule has 1 aromatic carbocycles. The first-order chi connectivity index (χ1) is 15.3. The Labute approximate surface area is 181 Å². The minimum absolute atomic E-state index is 0.00768. The molecule has 1 aliphatic heterocycles. The third kappa shape index (κ3) is 4.39. The van der Waals surface area contributed by atoms with Crippen molar-refractivity contribution in [2.24, 2.45) is 0 Å². The first-order valence-electron chi connectivity index (χ1n) is 10.8. The lowest BCUT2D eigenvalue weighted by Gasteiger charge is -2.24. The molecule has 0 unspecified atom stereocenters. The zero-order valence-corrected chi connectivity index (χ0v) is 17.5. The van der Waals surface area contributed by atoms with Crippen molar-refractivity contribution in [2.45, 2.75) is 19.4 Å². The highest BCUT2D eigenvalue weighted by Gasteiger charge is 2.20. The van der Waals surface area contributed by atoms with E-state index in [9.17, 15) is 4.79 Å². The van der Waals surface area contributed by atoms with Gasteiger partial charge < -0.3 is 19.2 Å². The van der Waals surface area contributed by atoms with Crippen molar-refractivity contribution in [3.8, 4) is 11.1 Å². The summed E-state index contributed by atoms with van der Waals surface area (Å²) in [6.07, 6.45) is 9.52. The summed E-state index contributed by atoms with van der Waals surface area (Å²) < 4.78 is 5.87. The Morgan fingerprint density at radius 3 is 2.74 bits per heavy atom. The molecule has 1 saturated heterocycles. The van der Waals surface area contributed by atoms with E-state index in [1.807, 2.05) is 17.2 Å². The second-order valence-corrected chi connectivity index (χ2v) is 8.09. The van der Waals surface area contributed by atoms with Crippen molar-refractivity contribution in [1.29, 1.82) is 0 Å². The Morgan fingerprint density at radius 2 is 1.90 bits per heavy atom. The van der Waals surface area contributed by atoms with Gasteiger partial charge in [0.25, 0.3) is 5.91 Å². The molecule has 6 nitrogen and oxygen atoms in total. The van der Waals surface area contributed by atoms with Crippen LogP contribution in [-0.4, -0.2) is 51.9 Å². The average Bonchev–Trinajstić information content (AvgIpc) is 3.58. The number of carbonyl (C=O) groups is 1. The number of amides is 1. The number of rotatable bonds is 7. The molecule has 1 aliphatic rings. The molecule has 0 aliphatic carbocycles. The van der Waals surface area contributed by atoms with Crippen LogP contribution in [0.3, 0.4) is 0 Å². The van der Waals surface area contributed by atoms with Gasteiger partial charge in [-0.25, -0.2) is 0 Å². The topological polar surface area (TPSA) is 65.4 Å². The molecule has 158 valence electrons. The molecule has 1 N–H and O–H groups in total. The number of furan rings is 1. The van der Waals surface area contributed by atoms with Crippen LogP contribution in [0.2, 0.25) is 0 Å². The van der Waals surface area contributed by atoms with Gasteiger partial charge in [0.05, 0.1) is 12.8 Å². The summed E-state index contributed by atoms with van der Waals surface area (Å²) in [5.74, 6) is 0.793. The van der Waals surface area contributed by atoms with Crippen LogP contribution in [0.15, 0.2) is 71.7 Å². The van der Waals surface area contributed by atoms with E-state index in [0.29, 0.717) is 18.7 Å². The number of hydrogen-bond acceptors (Lipinski definition) is 4. The molecule has 6 heteroatoms. The predicted molar refractivity (Wildman–Crippen MR) is 121 cm³/mol. The van der Waals surface area contributed by atoms with Crippen LogP contribution in [0.1, 0.15) is 29.0 Å². The number of nitrogens with one attached hydrogen (secondary N) is 1. The van der Waals surface area contributed by atoms with Gasteiger partial charge in [-0.2, -0.15) is 0 Å². The van der Waals surface area contributed by atoms with Crippen LogP contribution in [0.4, 0.5) is 0 Å². The minimum Gasteiger partial charge on any atom is -0.467 e. The predicted octanol–water partition coefficient (Wildman–Crippen LogP) is 4.56. The summed E-state index contributed by atoms with van der Waals surface area (Å²) >= 11 is 0. The van der Waals surface area contributed by atoms with E-state index in [1.165, 1.54) is 18.2 Å². The molecule has 4 aromatic rings. The molecule has 31 heavy (non-hydrogen) atoms. The van der Waals surface area contributed by atoms with Crippen molar-refractivity contribution in [3.63, 3.8) is 0 Å². The van der Waals surface area contributed by atoms with Gasteiger partial charge in [-0.05, 0) is 73.3 Å². The number of benzene rings is 1. The molecule has 5 rings (SSSR count). The number of carbonyl (C=O) groups excluding carboxylic acids is 1. The fourth-order valence-electron chi connectivity index (χ4n) is 4.23. The van der Waals surface area contributed by atoms with E-state index in [0.717, 1.165) is 42.0 Å². The summed E-state index contributed by atoms with van der Waals surface area (Å²) in [6, 6.07) is 13.9. The first-order valence-corrected chi connectivity index (χ1v) is 10.8. The number of nitrogens with zero attached hydrogens (tertiary/aromatic N) is 3. The van der Waals surface area contributed by atoms with E-state index < -0.39 is 0 Å². The lowest BCUT2D eigenvalue weighted by atomic mass is 10.1. The summed E-state index contributed by atoms with van der Waals surface area (Å²) in [6.45, 7) is 4.23. The normalized spacial score (nSPS) is 14.3. The van der Waals surface area contributed by atoms with Gasteiger partial charge in [-0.15, -0.1) is 0 Å². The molecular formula is C25H26N4O2. The summed E-state index contributed by atoms with van der Waals surface area (Å²) in [4.78, 5) is 24.7. The van der Waals surface area contributed by atoms with Crippen molar-refractivity contribution in [1.82, 2.24) is 19.8 Å². The third-order valence-electron chi connectivity index (χ3n) is 5.99. The molecule has 0 radical (unpaired) electrons. The number of aromatic amines is 1. The molecule has 1 amide bonds. The van der Waals surface area contributed by atoms with Crippen molar-refractivity contribution >= 4 is 16.8 Å². The number of hydrogen-bond donors (Lipinski definition) is 1. The van der Waals surface area contributed by atoms with Gasteiger partial charge in [0.2, 0.25) is 0 Å². The van der Waals surface area contributed by atoms with E-state index in [2.05, 4.69) is 39.1 Å². The Balaban J connectivity index is 1.34. The van der Waals surface area contributed by atoms with Gasteiger partial charge in [0.15, 0.2) is 0 Å². The maximum absolute atomic E-state index is 13.2. The molecule has 0 spiro atoms. The fourth-order valence-corrected chi connectivity index (χ4v) is 4.23. The molecule has 0 bridgehead atoms. The number of H-pyrrole nitrogens is 1. The molecule has 4 heterocycles. The van der Waals surface area contributed by atoms with Gasteiger partial charge >= 0.3 is 0 Å². The minimum atomic E-state index is 0.00768. The van der Waals surface area contributed by atoms with Crippen molar-refractivity contribution in [2.75, 3.05) is 26.2 Å². The van der Waals surface area contributed by atoms with Gasteiger partial charge in [0, 0.05) is 48.3 Å². The monoisotopic (exact) mass is 414 g/mol. The smallest absolute Gasteiger partial charge is 0.254 e. The maximum Gasteiger partial charge on any atom is 0.254 e. The highest BCUT2D eigenvalue weighted by atomic mass is 16.3. The maximum atomic E-state index is 13.2. The SMILES string of the molecule is O=C(c1ccncc1)N(CCN1CCCC1)Cc1cc(-c2ccc3[nH]ccc3c2)co1. The van der Waals surface area contributed by atoms with Gasteiger partial charge in [-0.1, -0.05) is 6.07 Å². The first kappa shape index (κ1) is 19.6. The lowest BCUT2D eigenvalue weighted by Crippen LogP contribution is -2.37. The fraction of sp³-hybridized carbons (Fsp3) is 0.280. The van der Waals surface area contributed by atoms with E-state index >= 15 is 0 Å². The van der Waals surface area contributed by atoms with Crippen molar-refractivity contribution < 1.29 is 9.21 Å². The Hall–Kier alpha value is -3.38. The second-order valence-electron chi connectivity index (χ2n) is 8.09. The largest absolute Gasteiger partial charge is 0.467 e. The summed E-state index contributed by atoms with van der Waals surface area (Å²) in [5.41, 5.74) is 3.89.